The van der Waals surface area contributed by atoms with Crippen LogP contribution in [0.15, 0.2) is 107 Å². The number of ether oxygens (including phenoxy) is 1. The first kappa shape index (κ1) is 24.9. The van der Waals surface area contributed by atoms with Crippen molar-refractivity contribution in [2.75, 3.05) is 6.61 Å². The molecule has 2 N–H and O–H groups in total. The van der Waals surface area contributed by atoms with Crippen LogP contribution in [0.4, 0.5) is 16.2 Å². The maximum atomic E-state index is 12.4. The number of carboxylic acid groups (broad SMARTS) is 1. The van der Waals surface area contributed by atoms with Gasteiger partial charge in [0.25, 0.3) is 0 Å². The number of aliphatic carboxylic acids is 1. The van der Waals surface area contributed by atoms with Gasteiger partial charge in [0.05, 0.1) is 17.3 Å². The van der Waals surface area contributed by atoms with Crippen LogP contribution in [0.5, 0.6) is 0 Å². The molecule has 0 saturated heterocycles. The van der Waals surface area contributed by atoms with Gasteiger partial charge in [-0.1, -0.05) is 72.8 Å². The van der Waals surface area contributed by atoms with Crippen molar-refractivity contribution < 1.29 is 19.4 Å². The molecule has 0 spiro atoms. The van der Waals surface area contributed by atoms with E-state index < -0.39 is 18.0 Å². The molecule has 0 fully saturated rings. The smallest absolute Gasteiger partial charge is 0.407 e. The molecular formula is C31H27N3O4. The van der Waals surface area contributed by atoms with E-state index in [1.807, 2.05) is 48.5 Å². The van der Waals surface area contributed by atoms with Crippen molar-refractivity contribution in [3.63, 3.8) is 0 Å². The van der Waals surface area contributed by atoms with Gasteiger partial charge in [0.2, 0.25) is 0 Å². The number of carbonyl (C=O) groups is 2. The molecule has 1 atom stereocenters. The van der Waals surface area contributed by atoms with Crippen LogP contribution in [0.25, 0.3) is 11.1 Å². The van der Waals surface area contributed by atoms with Gasteiger partial charge in [0.15, 0.2) is 0 Å². The number of rotatable bonds is 8. The highest BCUT2D eigenvalue weighted by Crippen LogP contribution is 2.44. The number of hydrogen-bond acceptors (Lipinski definition) is 5. The van der Waals surface area contributed by atoms with E-state index in [9.17, 15) is 9.59 Å². The minimum atomic E-state index is -0.868. The van der Waals surface area contributed by atoms with Crippen molar-refractivity contribution in [3.8, 4) is 11.1 Å². The summed E-state index contributed by atoms with van der Waals surface area (Å²) >= 11 is 0. The SMILES string of the molecule is CC(C(=O)O)c1ccc(N=Nc2ccc(CNC(=O)OCC3c4ccccc4-c4ccccc43)cc2)cc1. The fraction of sp³-hybridized carbons (Fsp3) is 0.161. The van der Waals surface area contributed by atoms with Crippen LogP contribution in [0, 0.1) is 0 Å². The molecule has 190 valence electrons. The molecule has 0 heterocycles. The Morgan fingerprint density at radius 1 is 0.816 bits per heavy atom. The van der Waals surface area contributed by atoms with E-state index in [0.29, 0.717) is 23.5 Å². The highest BCUT2D eigenvalue weighted by Gasteiger charge is 2.28. The molecule has 4 aromatic carbocycles. The van der Waals surface area contributed by atoms with Gasteiger partial charge in [-0.2, -0.15) is 10.2 Å². The van der Waals surface area contributed by atoms with Gasteiger partial charge in [-0.15, -0.1) is 0 Å². The normalized spacial score (nSPS) is 13.1. The molecule has 1 aliphatic carbocycles. The lowest BCUT2D eigenvalue weighted by Crippen LogP contribution is -2.25. The van der Waals surface area contributed by atoms with Gasteiger partial charge in [-0.3, -0.25) is 4.79 Å². The lowest BCUT2D eigenvalue weighted by atomic mass is 9.98. The number of carboxylic acids is 1. The van der Waals surface area contributed by atoms with Crippen molar-refractivity contribution in [2.24, 2.45) is 10.2 Å². The van der Waals surface area contributed by atoms with Crippen molar-refractivity contribution >= 4 is 23.4 Å². The first-order valence-corrected chi connectivity index (χ1v) is 12.4. The standard InChI is InChI=1S/C31H27N3O4/c1-20(30(35)36)22-12-16-24(17-13-22)34-33-23-14-10-21(11-15-23)18-32-31(37)38-19-29-27-8-4-2-6-25(27)26-7-3-5-9-28(26)29/h2-17,20,29H,18-19H2,1H3,(H,32,37)(H,35,36). The number of hydrogen-bond donors (Lipinski definition) is 2. The number of carbonyl (C=O) groups excluding carboxylic acids is 1. The van der Waals surface area contributed by atoms with Gasteiger partial charge in [-0.05, 0) is 64.6 Å². The molecule has 1 amide bonds. The average Bonchev–Trinajstić information content (AvgIpc) is 3.28. The highest BCUT2D eigenvalue weighted by molar-refractivity contribution is 5.79. The summed E-state index contributed by atoms with van der Waals surface area (Å²) in [4.78, 5) is 23.5. The molecule has 7 heteroatoms. The second-order valence-electron chi connectivity index (χ2n) is 9.20. The van der Waals surface area contributed by atoms with E-state index in [1.54, 1.807) is 31.2 Å². The lowest BCUT2D eigenvalue weighted by Gasteiger charge is -2.14. The van der Waals surface area contributed by atoms with E-state index in [-0.39, 0.29) is 12.5 Å². The zero-order valence-electron chi connectivity index (χ0n) is 20.9. The van der Waals surface area contributed by atoms with E-state index in [1.165, 1.54) is 22.3 Å². The topological polar surface area (TPSA) is 100 Å². The average molecular weight is 506 g/mol. The summed E-state index contributed by atoms with van der Waals surface area (Å²) in [6.45, 7) is 2.25. The summed E-state index contributed by atoms with van der Waals surface area (Å²) in [7, 11) is 0. The highest BCUT2D eigenvalue weighted by atomic mass is 16.5. The predicted molar refractivity (Wildman–Crippen MR) is 145 cm³/mol. The predicted octanol–water partition coefficient (Wildman–Crippen LogP) is 7.33. The van der Waals surface area contributed by atoms with Gasteiger partial charge in [-0.25, -0.2) is 4.79 Å². The first-order chi connectivity index (χ1) is 18.5. The Bertz CT molecular complexity index is 1430. The monoisotopic (exact) mass is 505 g/mol. The maximum absolute atomic E-state index is 12.4. The fourth-order valence-corrected chi connectivity index (χ4v) is 4.59. The molecule has 4 aromatic rings. The number of benzene rings is 4. The van der Waals surface area contributed by atoms with Crippen molar-refractivity contribution in [2.45, 2.75) is 25.3 Å². The molecule has 38 heavy (non-hydrogen) atoms. The summed E-state index contributed by atoms with van der Waals surface area (Å²) < 4.78 is 5.59. The Balaban J connectivity index is 1.12. The van der Waals surface area contributed by atoms with Crippen LogP contribution >= 0.6 is 0 Å². The van der Waals surface area contributed by atoms with Crippen LogP contribution in [-0.2, 0) is 16.1 Å². The largest absolute Gasteiger partial charge is 0.481 e. The Labute approximate surface area is 220 Å². The number of nitrogens with zero attached hydrogens (tertiary/aromatic N) is 2. The van der Waals surface area contributed by atoms with E-state index >= 15 is 0 Å². The zero-order chi connectivity index (χ0) is 26.5. The van der Waals surface area contributed by atoms with Crippen molar-refractivity contribution in [1.82, 2.24) is 5.32 Å². The van der Waals surface area contributed by atoms with E-state index in [2.05, 4.69) is 39.8 Å². The third-order valence-corrected chi connectivity index (χ3v) is 6.76. The lowest BCUT2D eigenvalue weighted by molar-refractivity contribution is -0.138. The minimum Gasteiger partial charge on any atom is -0.481 e. The number of azo groups is 1. The molecule has 0 aliphatic heterocycles. The summed E-state index contributed by atoms with van der Waals surface area (Å²) in [5.74, 6) is -1.42. The molecule has 1 unspecified atom stereocenters. The number of fused-ring (bicyclic) bond motifs is 3. The van der Waals surface area contributed by atoms with E-state index in [0.717, 1.165) is 5.56 Å². The van der Waals surface area contributed by atoms with Gasteiger partial charge in [0, 0.05) is 12.5 Å². The van der Waals surface area contributed by atoms with Gasteiger partial charge >= 0.3 is 12.1 Å². The summed E-state index contributed by atoms with van der Waals surface area (Å²) in [6, 6.07) is 30.8. The molecule has 0 radical (unpaired) electrons. The van der Waals surface area contributed by atoms with Gasteiger partial charge in [0.1, 0.15) is 6.61 Å². The summed E-state index contributed by atoms with van der Waals surface area (Å²) in [5, 5.41) is 20.4. The second-order valence-corrected chi connectivity index (χ2v) is 9.20. The van der Waals surface area contributed by atoms with Crippen LogP contribution in [0.1, 0.15) is 41.0 Å². The first-order valence-electron chi connectivity index (χ1n) is 12.4. The number of alkyl carbamates (subject to hydrolysis) is 1. The Morgan fingerprint density at radius 2 is 1.34 bits per heavy atom. The van der Waals surface area contributed by atoms with Gasteiger partial charge < -0.3 is 15.2 Å². The quantitative estimate of drug-likeness (QED) is 0.245. The summed E-state index contributed by atoms with van der Waals surface area (Å²) in [5.41, 5.74) is 7.66. The van der Waals surface area contributed by atoms with Crippen LogP contribution in [0.2, 0.25) is 0 Å². The zero-order valence-corrected chi connectivity index (χ0v) is 20.9. The third kappa shape index (κ3) is 5.47. The molecule has 0 saturated carbocycles. The maximum Gasteiger partial charge on any atom is 0.407 e. The Morgan fingerprint density at radius 3 is 1.89 bits per heavy atom. The van der Waals surface area contributed by atoms with Crippen LogP contribution < -0.4 is 5.32 Å². The molecule has 0 aromatic heterocycles. The Kier molecular flexibility index (Phi) is 7.26. The van der Waals surface area contributed by atoms with E-state index in [4.69, 9.17) is 9.84 Å². The molecular weight excluding hydrogens is 478 g/mol. The Hall–Kier alpha value is -4.78. The molecule has 7 nitrogen and oxygen atoms in total. The third-order valence-electron chi connectivity index (χ3n) is 6.76. The van der Waals surface area contributed by atoms with Crippen LogP contribution in [-0.4, -0.2) is 23.8 Å². The molecule has 0 bridgehead atoms. The van der Waals surface area contributed by atoms with Crippen LogP contribution in [0.3, 0.4) is 0 Å². The van der Waals surface area contributed by atoms with Crippen molar-refractivity contribution in [3.05, 3.63) is 119 Å². The molecule has 1 aliphatic rings. The van der Waals surface area contributed by atoms with Crippen molar-refractivity contribution in [1.29, 1.82) is 0 Å². The second kappa shape index (κ2) is 11.1. The number of nitrogens with one attached hydrogen (secondary N) is 1. The summed E-state index contributed by atoms with van der Waals surface area (Å²) in [6.07, 6.45) is -0.462. The number of amides is 1. The molecule has 5 rings (SSSR count). The minimum absolute atomic E-state index is 0.0227. The fourth-order valence-electron chi connectivity index (χ4n) is 4.59.